The molecule has 0 spiro atoms. The van der Waals surface area contributed by atoms with Crippen molar-refractivity contribution < 1.29 is 23.6 Å². The standard InChI is InChI=1S/C13H11NO6/c1-18-11-4-3-8(7-9(11)14(16)17)10-5-6-12(20-10)13(15)19-2/h3-7H,1-2H3. The van der Waals surface area contributed by atoms with Crippen LogP contribution in [0.1, 0.15) is 10.6 Å². The van der Waals surface area contributed by atoms with E-state index >= 15 is 0 Å². The SMILES string of the molecule is COC(=O)c1ccc(-c2ccc(OC)c([N+](=O)[O-])c2)o1. The van der Waals surface area contributed by atoms with Crippen molar-refractivity contribution in [2.24, 2.45) is 0 Å². The molecule has 0 radical (unpaired) electrons. The van der Waals surface area contributed by atoms with Crippen LogP contribution in [0.3, 0.4) is 0 Å². The Morgan fingerprint density at radius 2 is 2.00 bits per heavy atom. The van der Waals surface area contributed by atoms with Crippen molar-refractivity contribution in [1.29, 1.82) is 0 Å². The molecule has 0 N–H and O–H groups in total. The van der Waals surface area contributed by atoms with Crippen LogP contribution in [0.2, 0.25) is 0 Å². The first kappa shape index (κ1) is 13.6. The first-order valence-electron chi connectivity index (χ1n) is 5.57. The molecular weight excluding hydrogens is 266 g/mol. The van der Waals surface area contributed by atoms with Crippen molar-refractivity contribution in [3.8, 4) is 17.1 Å². The van der Waals surface area contributed by atoms with Crippen LogP contribution in [0.15, 0.2) is 34.7 Å². The molecule has 1 heterocycles. The highest BCUT2D eigenvalue weighted by Gasteiger charge is 2.18. The predicted octanol–water partition coefficient (Wildman–Crippen LogP) is 2.65. The van der Waals surface area contributed by atoms with Crippen LogP contribution in [-0.2, 0) is 4.74 Å². The summed E-state index contributed by atoms with van der Waals surface area (Å²) >= 11 is 0. The van der Waals surface area contributed by atoms with Crippen molar-refractivity contribution in [3.63, 3.8) is 0 Å². The summed E-state index contributed by atoms with van der Waals surface area (Å²) in [4.78, 5) is 21.7. The number of carbonyl (C=O) groups excluding carboxylic acids is 1. The molecule has 0 aliphatic heterocycles. The minimum absolute atomic E-state index is 0.0287. The van der Waals surface area contributed by atoms with Gasteiger partial charge in [0.05, 0.1) is 19.1 Å². The van der Waals surface area contributed by atoms with Crippen molar-refractivity contribution in [1.82, 2.24) is 0 Å². The largest absolute Gasteiger partial charge is 0.490 e. The molecule has 1 aromatic heterocycles. The summed E-state index contributed by atoms with van der Waals surface area (Å²) in [5.41, 5.74) is 0.286. The monoisotopic (exact) mass is 277 g/mol. The molecule has 1 aromatic carbocycles. The number of methoxy groups -OCH3 is 2. The number of carbonyl (C=O) groups is 1. The second kappa shape index (κ2) is 5.43. The quantitative estimate of drug-likeness (QED) is 0.484. The molecule has 0 atom stereocenters. The second-order valence-electron chi connectivity index (χ2n) is 3.80. The zero-order chi connectivity index (χ0) is 14.7. The average Bonchev–Trinajstić information content (AvgIpc) is 2.95. The molecule has 0 fully saturated rings. The summed E-state index contributed by atoms with van der Waals surface area (Å²) in [7, 11) is 2.59. The maximum atomic E-state index is 11.3. The fourth-order valence-corrected chi connectivity index (χ4v) is 1.69. The van der Waals surface area contributed by atoms with Crippen molar-refractivity contribution in [2.75, 3.05) is 14.2 Å². The van der Waals surface area contributed by atoms with E-state index in [-0.39, 0.29) is 17.2 Å². The minimum Gasteiger partial charge on any atom is -0.490 e. The molecule has 0 amide bonds. The third kappa shape index (κ3) is 2.46. The van der Waals surface area contributed by atoms with Gasteiger partial charge in [0.25, 0.3) is 0 Å². The van der Waals surface area contributed by atoms with Gasteiger partial charge in [-0.2, -0.15) is 0 Å². The number of benzene rings is 1. The zero-order valence-corrected chi connectivity index (χ0v) is 10.8. The molecule has 0 aliphatic carbocycles. The number of rotatable bonds is 4. The van der Waals surface area contributed by atoms with E-state index < -0.39 is 10.9 Å². The number of furan rings is 1. The van der Waals surface area contributed by atoms with Crippen LogP contribution < -0.4 is 4.74 Å². The number of ether oxygens (including phenoxy) is 2. The number of nitro benzene ring substituents is 1. The summed E-state index contributed by atoms with van der Waals surface area (Å²) in [5.74, 6) is -0.102. The molecule has 0 bridgehead atoms. The lowest BCUT2D eigenvalue weighted by molar-refractivity contribution is -0.385. The van der Waals surface area contributed by atoms with E-state index in [0.717, 1.165) is 0 Å². The summed E-state index contributed by atoms with van der Waals surface area (Å²) in [5, 5.41) is 10.9. The topological polar surface area (TPSA) is 91.8 Å². The van der Waals surface area contributed by atoms with Gasteiger partial charge in [-0.05, 0) is 24.3 Å². The maximum absolute atomic E-state index is 11.3. The van der Waals surface area contributed by atoms with E-state index in [1.165, 1.54) is 38.5 Å². The number of nitro groups is 1. The Labute approximate surface area is 113 Å². The number of hydrogen-bond donors (Lipinski definition) is 0. The molecule has 0 aliphatic rings. The summed E-state index contributed by atoms with van der Waals surface area (Å²) in [6.07, 6.45) is 0. The number of hydrogen-bond acceptors (Lipinski definition) is 6. The van der Waals surface area contributed by atoms with Gasteiger partial charge in [-0.15, -0.1) is 0 Å². The molecule has 0 saturated heterocycles. The minimum atomic E-state index is -0.612. The Kier molecular flexibility index (Phi) is 3.69. The first-order chi connectivity index (χ1) is 9.56. The van der Waals surface area contributed by atoms with E-state index in [1.807, 2.05) is 0 Å². The lowest BCUT2D eigenvalue weighted by atomic mass is 10.1. The number of esters is 1. The van der Waals surface area contributed by atoms with Crippen LogP contribution in [-0.4, -0.2) is 25.1 Å². The van der Waals surface area contributed by atoms with Crippen LogP contribution in [0.5, 0.6) is 5.75 Å². The van der Waals surface area contributed by atoms with E-state index in [9.17, 15) is 14.9 Å². The molecule has 0 saturated carbocycles. The number of nitrogens with zero attached hydrogens (tertiary/aromatic N) is 1. The summed E-state index contributed by atoms with van der Waals surface area (Å²) in [6, 6.07) is 7.37. The lowest BCUT2D eigenvalue weighted by Crippen LogP contribution is -1.98. The van der Waals surface area contributed by atoms with E-state index in [2.05, 4.69) is 4.74 Å². The van der Waals surface area contributed by atoms with Gasteiger partial charge >= 0.3 is 11.7 Å². The van der Waals surface area contributed by atoms with Gasteiger partial charge in [0.1, 0.15) is 5.76 Å². The van der Waals surface area contributed by atoms with Gasteiger partial charge in [-0.1, -0.05) is 0 Å². The highest BCUT2D eigenvalue weighted by atomic mass is 16.6. The molecule has 2 aromatic rings. The van der Waals surface area contributed by atoms with Crippen molar-refractivity contribution in [2.45, 2.75) is 0 Å². The molecule has 2 rings (SSSR count). The summed E-state index contributed by atoms with van der Waals surface area (Å²) < 4.78 is 14.7. The Hall–Kier alpha value is -2.83. The van der Waals surface area contributed by atoms with E-state index in [4.69, 9.17) is 9.15 Å². The van der Waals surface area contributed by atoms with Gasteiger partial charge in [0, 0.05) is 11.6 Å². The van der Waals surface area contributed by atoms with Crippen molar-refractivity contribution >= 4 is 11.7 Å². The molecule has 104 valence electrons. The molecular formula is C13H11NO6. The smallest absolute Gasteiger partial charge is 0.373 e. The van der Waals surface area contributed by atoms with Crippen LogP contribution >= 0.6 is 0 Å². The van der Waals surface area contributed by atoms with Crippen LogP contribution in [0.25, 0.3) is 11.3 Å². The van der Waals surface area contributed by atoms with Gasteiger partial charge in [0.15, 0.2) is 5.75 Å². The lowest BCUT2D eigenvalue weighted by Gasteiger charge is -2.03. The van der Waals surface area contributed by atoms with Gasteiger partial charge in [0.2, 0.25) is 5.76 Å². The van der Waals surface area contributed by atoms with E-state index in [1.54, 1.807) is 6.07 Å². The Bertz CT molecular complexity index is 661. The Balaban J connectivity index is 2.43. The molecule has 7 heteroatoms. The normalized spacial score (nSPS) is 10.1. The Morgan fingerprint density at radius 1 is 1.25 bits per heavy atom. The average molecular weight is 277 g/mol. The van der Waals surface area contributed by atoms with E-state index in [0.29, 0.717) is 11.3 Å². The highest BCUT2D eigenvalue weighted by molar-refractivity contribution is 5.87. The molecule has 20 heavy (non-hydrogen) atoms. The molecule has 0 unspecified atom stereocenters. The molecule has 7 nitrogen and oxygen atoms in total. The third-order valence-electron chi connectivity index (χ3n) is 2.65. The zero-order valence-electron chi connectivity index (χ0n) is 10.8. The fraction of sp³-hybridized carbons (Fsp3) is 0.154. The van der Waals surface area contributed by atoms with Crippen LogP contribution in [0.4, 0.5) is 5.69 Å². The Morgan fingerprint density at radius 3 is 2.60 bits per heavy atom. The highest BCUT2D eigenvalue weighted by Crippen LogP contribution is 2.32. The van der Waals surface area contributed by atoms with Gasteiger partial charge < -0.3 is 13.9 Å². The van der Waals surface area contributed by atoms with Crippen LogP contribution in [0, 0.1) is 10.1 Å². The predicted molar refractivity (Wildman–Crippen MR) is 68.7 cm³/mol. The summed E-state index contributed by atoms with van der Waals surface area (Å²) in [6.45, 7) is 0. The first-order valence-corrected chi connectivity index (χ1v) is 5.57. The van der Waals surface area contributed by atoms with Crippen molar-refractivity contribution in [3.05, 3.63) is 46.2 Å². The third-order valence-corrected chi connectivity index (χ3v) is 2.65. The maximum Gasteiger partial charge on any atom is 0.373 e. The second-order valence-corrected chi connectivity index (χ2v) is 3.80. The van der Waals surface area contributed by atoms with Gasteiger partial charge in [-0.25, -0.2) is 4.79 Å². The fourth-order valence-electron chi connectivity index (χ4n) is 1.69. The van der Waals surface area contributed by atoms with Gasteiger partial charge in [-0.3, -0.25) is 10.1 Å².